The number of hydrogen-bond donors (Lipinski definition) is 3. The van der Waals surface area contributed by atoms with Gasteiger partial charge in [0.2, 0.25) is 5.91 Å². The molecule has 2 heterocycles. The molecule has 0 aliphatic carbocycles. The summed E-state index contributed by atoms with van der Waals surface area (Å²) in [7, 11) is 0. The molecular weight excluding hydrogens is 206 g/mol. The van der Waals surface area contributed by atoms with E-state index in [2.05, 4.69) is 20.6 Å². The van der Waals surface area contributed by atoms with Crippen molar-refractivity contribution in [2.75, 3.05) is 24.1 Å². The Hall–Kier alpha value is -1.69. The first kappa shape index (κ1) is 10.8. The number of nitrogen functional groups attached to an aromatic ring is 1. The van der Waals surface area contributed by atoms with E-state index in [0.717, 1.165) is 25.9 Å². The van der Waals surface area contributed by atoms with Gasteiger partial charge in [0.1, 0.15) is 18.0 Å². The normalized spacial score (nSPS) is 17.0. The second-order valence-corrected chi connectivity index (χ2v) is 3.84. The van der Waals surface area contributed by atoms with E-state index in [9.17, 15) is 4.79 Å². The molecule has 1 fully saturated rings. The Bertz CT molecular complexity index is 375. The molecule has 1 aliphatic rings. The molecule has 86 valence electrons. The van der Waals surface area contributed by atoms with Gasteiger partial charge in [-0.1, -0.05) is 0 Å². The molecule has 0 aromatic carbocycles. The van der Waals surface area contributed by atoms with Gasteiger partial charge in [0.05, 0.1) is 0 Å². The summed E-state index contributed by atoms with van der Waals surface area (Å²) in [5, 5.41) is 5.97. The number of hydrogen-bond acceptors (Lipinski definition) is 5. The Balaban J connectivity index is 1.96. The van der Waals surface area contributed by atoms with Crippen molar-refractivity contribution in [3.63, 3.8) is 0 Å². The van der Waals surface area contributed by atoms with Crippen molar-refractivity contribution in [3.05, 3.63) is 12.4 Å². The molecule has 0 saturated carbocycles. The zero-order valence-electron chi connectivity index (χ0n) is 8.94. The number of carbonyl (C=O) groups is 1. The van der Waals surface area contributed by atoms with Crippen LogP contribution in [0.2, 0.25) is 0 Å². The fraction of sp³-hybridized carbons (Fsp3) is 0.500. The van der Waals surface area contributed by atoms with Gasteiger partial charge in [0, 0.05) is 12.0 Å². The van der Waals surface area contributed by atoms with Crippen LogP contribution in [0.3, 0.4) is 0 Å². The minimum absolute atomic E-state index is 0.0135. The Morgan fingerprint density at radius 2 is 2.19 bits per heavy atom. The van der Waals surface area contributed by atoms with Crippen LogP contribution >= 0.6 is 0 Å². The molecule has 0 radical (unpaired) electrons. The van der Waals surface area contributed by atoms with Crippen LogP contribution in [0.1, 0.15) is 12.8 Å². The third-order valence-corrected chi connectivity index (χ3v) is 2.65. The predicted octanol–water partition coefficient (Wildman–Crippen LogP) is -0.00310. The number of anilines is 2. The highest BCUT2D eigenvalue weighted by Crippen LogP contribution is 2.14. The number of rotatable bonds is 2. The highest BCUT2D eigenvalue weighted by atomic mass is 16.1. The van der Waals surface area contributed by atoms with Gasteiger partial charge < -0.3 is 16.4 Å². The van der Waals surface area contributed by atoms with Gasteiger partial charge >= 0.3 is 0 Å². The Morgan fingerprint density at radius 3 is 2.88 bits per heavy atom. The van der Waals surface area contributed by atoms with Crippen molar-refractivity contribution in [2.45, 2.75) is 12.8 Å². The van der Waals surface area contributed by atoms with E-state index in [4.69, 9.17) is 5.73 Å². The van der Waals surface area contributed by atoms with E-state index in [1.54, 1.807) is 6.07 Å². The van der Waals surface area contributed by atoms with E-state index >= 15 is 0 Å². The van der Waals surface area contributed by atoms with E-state index in [0.29, 0.717) is 11.6 Å². The molecule has 1 aliphatic heterocycles. The second kappa shape index (κ2) is 4.89. The molecule has 0 atom stereocenters. The fourth-order valence-corrected chi connectivity index (χ4v) is 1.75. The highest BCUT2D eigenvalue weighted by molar-refractivity contribution is 5.91. The second-order valence-electron chi connectivity index (χ2n) is 3.84. The van der Waals surface area contributed by atoms with Crippen molar-refractivity contribution in [1.82, 2.24) is 15.3 Å². The van der Waals surface area contributed by atoms with Gasteiger partial charge in [-0.05, 0) is 25.9 Å². The molecule has 0 unspecified atom stereocenters. The van der Waals surface area contributed by atoms with Crippen molar-refractivity contribution >= 4 is 17.5 Å². The monoisotopic (exact) mass is 221 g/mol. The van der Waals surface area contributed by atoms with Crippen LogP contribution in [-0.4, -0.2) is 29.0 Å². The van der Waals surface area contributed by atoms with Crippen molar-refractivity contribution < 1.29 is 4.79 Å². The molecule has 1 aromatic heterocycles. The Kier molecular flexibility index (Phi) is 3.31. The summed E-state index contributed by atoms with van der Waals surface area (Å²) in [5.41, 5.74) is 5.50. The molecule has 6 nitrogen and oxygen atoms in total. The van der Waals surface area contributed by atoms with Crippen LogP contribution in [0.5, 0.6) is 0 Å². The van der Waals surface area contributed by atoms with Crippen LogP contribution in [-0.2, 0) is 4.79 Å². The van der Waals surface area contributed by atoms with Crippen LogP contribution in [0.15, 0.2) is 12.4 Å². The number of amides is 1. The van der Waals surface area contributed by atoms with E-state index < -0.39 is 0 Å². The summed E-state index contributed by atoms with van der Waals surface area (Å²) in [6.45, 7) is 1.79. The van der Waals surface area contributed by atoms with E-state index in [1.807, 2.05) is 0 Å². The van der Waals surface area contributed by atoms with Crippen molar-refractivity contribution in [1.29, 1.82) is 0 Å². The smallest absolute Gasteiger partial charge is 0.228 e. The molecule has 4 N–H and O–H groups in total. The molecule has 2 rings (SSSR count). The number of nitrogens with zero attached hydrogens (tertiary/aromatic N) is 2. The summed E-state index contributed by atoms with van der Waals surface area (Å²) >= 11 is 0. The van der Waals surface area contributed by atoms with Crippen LogP contribution in [0, 0.1) is 5.92 Å². The van der Waals surface area contributed by atoms with Crippen LogP contribution in [0.4, 0.5) is 11.6 Å². The molecule has 6 heteroatoms. The summed E-state index contributed by atoms with van der Waals surface area (Å²) in [4.78, 5) is 19.5. The quantitative estimate of drug-likeness (QED) is 0.653. The van der Waals surface area contributed by atoms with E-state index in [1.165, 1.54) is 6.33 Å². The Labute approximate surface area is 93.7 Å². The predicted molar refractivity (Wildman–Crippen MR) is 60.7 cm³/mol. The average molecular weight is 221 g/mol. The lowest BCUT2D eigenvalue weighted by molar-refractivity contribution is -0.120. The van der Waals surface area contributed by atoms with E-state index in [-0.39, 0.29) is 11.8 Å². The molecular formula is C10H15N5O. The standard InChI is InChI=1S/C10H15N5O/c11-8-5-9(14-6-13-8)15-10(16)7-1-3-12-4-2-7/h5-7,12H,1-4H2,(H3,11,13,14,15,16). The first-order valence-electron chi connectivity index (χ1n) is 5.35. The summed E-state index contributed by atoms with van der Waals surface area (Å²) in [6, 6.07) is 1.55. The third-order valence-electron chi connectivity index (χ3n) is 2.65. The van der Waals surface area contributed by atoms with Gasteiger partial charge in [0.25, 0.3) is 0 Å². The number of piperidine rings is 1. The number of nitrogens with one attached hydrogen (secondary N) is 2. The SMILES string of the molecule is Nc1cc(NC(=O)C2CCNCC2)ncn1. The largest absolute Gasteiger partial charge is 0.384 e. The van der Waals surface area contributed by atoms with Crippen molar-refractivity contribution in [2.24, 2.45) is 5.92 Å². The number of carbonyl (C=O) groups excluding carboxylic acids is 1. The lowest BCUT2D eigenvalue weighted by Crippen LogP contribution is -2.34. The van der Waals surface area contributed by atoms with Gasteiger partial charge in [0.15, 0.2) is 0 Å². The van der Waals surface area contributed by atoms with Gasteiger partial charge in [-0.3, -0.25) is 4.79 Å². The van der Waals surface area contributed by atoms with Gasteiger partial charge in [-0.25, -0.2) is 9.97 Å². The third kappa shape index (κ3) is 2.66. The zero-order valence-corrected chi connectivity index (χ0v) is 8.94. The maximum absolute atomic E-state index is 11.8. The number of aromatic nitrogens is 2. The molecule has 16 heavy (non-hydrogen) atoms. The molecule has 1 aromatic rings. The summed E-state index contributed by atoms with van der Waals surface area (Å²) in [5.74, 6) is 0.906. The maximum Gasteiger partial charge on any atom is 0.228 e. The highest BCUT2D eigenvalue weighted by Gasteiger charge is 2.21. The first-order chi connectivity index (χ1) is 7.75. The fourth-order valence-electron chi connectivity index (χ4n) is 1.75. The van der Waals surface area contributed by atoms with Crippen molar-refractivity contribution in [3.8, 4) is 0 Å². The first-order valence-corrected chi connectivity index (χ1v) is 5.35. The molecule has 1 saturated heterocycles. The minimum Gasteiger partial charge on any atom is -0.384 e. The van der Waals surface area contributed by atoms with Crippen LogP contribution < -0.4 is 16.4 Å². The lowest BCUT2D eigenvalue weighted by atomic mass is 9.97. The number of nitrogens with two attached hydrogens (primary N) is 1. The molecule has 0 spiro atoms. The molecule has 1 amide bonds. The topological polar surface area (TPSA) is 92.9 Å². The summed E-state index contributed by atoms with van der Waals surface area (Å²) in [6.07, 6.45) is 3.08. The zero-order chi connectivity index (χ0) is 11.4. The molecule has 0 bridgehead atoms. The Morgan fingerprint density at radius 1 is 1.44 bits per heavy atom. The van der Waals surface area contributed by atoms with Crippen LogP contribution in [0.25, 0.3) is 0 Å². The van der Waals surface area contributed by atoms with Gasteiger partial charge in [-0.2, -0.15) is 0 Å². The lowest BCUT2D eigenvalue weighted by Gasteiger charge is -2.21. The minimum atomic E-state index is 0.0135. The maximum atomic E-state index is 11.8. The van der Waals surface area contributed by atoms with Gasteiger partial charge in [-0.15, -0.1) is 0 Å². The average Bonchev–Trinajstić information content (AvgIpc) is 2.30. The summed E-state index contributed by atoms with van der Waals surface area (Å²) < 4.78 is 0.